The Labute approximate surface area is 180 Å². The first-order valence-electron chi connectivity index (χ1n) is 11.3. The van der Waals surface area contributed by atoms with Crippen molar-refractivity contribution in [3.63, 3.8) is 0 Å². The van der Waals surface area contributed by atoms with E-state index in [2.05, 4.69) is 10.6 Å². The standard InChI is InChI=1S/C24H36N2O4/c1-5-29-19-9-17(10-19)13-23(27)25-21-7-8-22(16(4)15(21)3)26-24(28)14-18-11-20(12-18)30-6-2/h7-8,17-20H,5-6,9-14H2,1-4H3,(H,25,27)(H,26,28). The van der Waals surface area contributed by atoms with Gasteiger partial charge in [0.15, 0.2) is 0 Å². The number of rotatable bonds is 10. The van der Waals surface area contributed by atoms with Crippen LogP contribution in [0.5, 0.6) is 0 Å². The lowest BCUT2D eigenvalue weighted by molar-refractivity contribution is -0.120. The van der Waals surface area contributed by atoms with Crippen LogP contribution in [0.2, 0.25) is 0 Å². The van der Waals surface area contributed by atoms with E-state index in [-0.39, 0.29) is 11.8 Å². The molecule has 3 rings (SSSR count). The predicted octanol–water partition coefficient (Wildman–Crippen LogP) is 4.59. The van der Waals surface area contributed by atoms with Gasteiger partial charge in [0.25, 0.3) is 0 Å². The molecule has 2 aliphatic carbocycles. The second-order valence-corrected chi connectivity index (χ2v) is 8.74. The molecule has 0 aromatic heterocycles. The average molecular weight is 417 g/mol. The summed E-state index contributed by atoms with van der Waals surface area (Å²) in [6, 6.07) is 3.77. The molecule has 2 N–H and O–H groups in total. The van der Waals surface area contributed by atoms with E-state index in [4.69, 9.17) is 9.47 Å². The number of anilines is 2. The molecule has 0 aliphatic heterocycles. The summed E-state index contributed by atoms with van der Waals surface area (Å²) in [5.41, 5.74) is 3.61. The van der Waals surface area contributed by atoms with Crippen LogP contribution in [0.15, 0.2) is 12.1 Å². The highest BCUT2D eigenvalue weighted by Gasteiger charge is 2.32. The van der Waals surface area contributed by atoms with Gasteiger partial charge in [0.2, 0.25) is 11.8 Å². The number of carbonyl (C=O) groups is 2. The van der Waals surface area contributed by atoms with Gasteiger partial charge in [-0.2, -0.15) is 0 Å². The van der Waals surface area contributed by atoms with E-state index in [1.165, 1.54) is 0 Å². The highest BCUT2D eigenvalue weighted by Crippen LogP contribution is 2.34. The maximum atomic E-state index is 12.4. The van der Waals surface area contributed by atoms with Crippen molar-refractivity contribution in [2.45, 2.75) is 78.4 Å². The maximum absolute atomic E-state index is 12.4. The molecule has 0 saturated heterocycles. The van der Waals surface area contributed by atoms with Gasteiger partial charge in [-0.25, -0.2) is 0 Å². The SMILES string of the molecule is CCOC1CC(CC(=O)Nc2ccc(NC(=O)CC3CC(OCC)C3)c(C)c2C)C1. The first-order chi connectivity index (χ1) is 14.4. The Morgan fingerprint density at radius 3 is 1.50 bits per heavy atom. The number of benzene rings is 1. The molecule has 0 heterocycles. The second kappa shape index (κ2) is 10.4. The van der Waals surface area contributed by atoms with Crippen LogP contribution >= 0.6 is 0 Å². The number of ether oxygens (including phenoxy) is 2. The molecular weight excluding hydrogens is 380 g/mol. The second-order valence-electron chi connectivity index (χ2n) is 8.74. The first kappa shape index (κ1) is 22.8. The third-order valence-electron chi connectivity index (χ3n) is 6.47. The van der Waals surface area contributed by atoms with Gasteiger partial charge in [-0.15, -0.1) is 0 Å². The van der Waals surface area contributed by atoms with Gasteiger partial charge >= 0.3 is 0 Å². The Hall–Kier alpha value is -1.92. The third kappa shape index (κ3) is 5.82. The summed E-state index contributed by atoms with van der Waals surface area (Å²) in [4.78, 5) is 24.8. The molecular formula is C24H36N2O4. The summed E-state index contributed by atoms with van der Waals surface area (Å²) in [6.07, 6.45) is 5.59. The largest absolute Gasteiger partial charge is 0.378 e. The van der Waals surface area contributed by atoms with Crippen LogP contribution in [0.1, 0.15) is 63.5 Å². The summed E-state index contributed by atoms with van der Waals surface area (Å²) in [7, 11) is 0. The fourth-order valence-corrected chi connectivity index (χ4v) is 4.44. The van der Waals surface area contributed by atoms with Gasteiger partial charge in [-0.05, 0) is 88.5 Å². The van der Waals surface area contributed by atoms with Crippen molar-refractivity contribution in [2.24, 2.45) is 11.8 Å². The Balaban J connectivity index is 1.46. The highest BCUT2D eigenvalue weighted by atomic mass is 16.5. The van der Waals surface area contributed by atoms with Crippen LogP contribution in [-0.2, 0) is 19.1 Å². The zero-order chi connectivity index (χ0) is 21.7. The number of carbonyl (C=O) groups excluding carboxylic acids is 2. The van der Waals surface area contributed by atoms with Crippen LogP contribution in [0.25, 0.3) is 0 Å². The molecule has 6 heteroatoms. The molecule has 0 bridgehead atoms. The van der Waals surface area contributed by atoms with Gasteiger partial charge in [-0.1, -0.05) is 0 Å². The van der Waals surface area contributed by atoms with Gasteiger partial charge in [-0.3, -0.25) is 9.59 Å². The molecule has 30 heavy (non-hydrogen) atoms. The minimum atomic E-state index is 0.0445. The lowest BCUT2D eigenvalue weighted by Crippen LogP contribution is -2.34. The molecule has 2 fully saturated rings. The molecule has 2 aliphatic rings. The van der Waals surface area contributed by atoms with Crippen LogP contribution in [0, 0.1) is 25.7 Å². The summed E-state index contributed by atoms with van der Waals surface area (Å²) in [5, 5.41) is 6.08. The molecule has 0 spiro atoms. The van der Waals surface area contributed by atoms with E-state index >= 15 is 0 Å². The van der Waals surface area contributed by atoms with E-state index in [1.54, 1.807) is 0 Å². The molecule has 166 valence electrons. The monoisotopic (exact) mass is 416 g/mol. The normalized spacial score (nSPS) is 25.2. The van der Waals surface area contributed by atoms with Gasteiger partial charge in [0, 0.05) is 37.4 Å². The van der Waals surface area contributed by atoms with Crippen molar-refractivity contribution in [1.29, 1.82) is 0 Å². The number of hydrogen-bond acceptors (Lipinski definition) is 4. The van der Waals surface area contributed by atoms with Gasteiger partial charge in [0.05, 0.1) is 12.2 Å². The topological polar surface area (TPSA) is 76.7 Å². The van der Waals surface area contributed by atoms with E-state index in [0.717, 1.165) is 61.4 Å². The summed E-state index contributed by atoms with van der Waals surface area (Å²) >= 11 is 0. The average Bonchev–Trinajstić information content (AvgIpc) is 2.64. The maximum Gasteiger partial charge on any atom is 0.224 e. The van der Waals surface area contributed by atoms with Crippen LogP contribution in [-0.4, -0.2) is 37.2 Å². The Morgan fingerprint density at radius 2 is 1.17 bits per heavy atom. The summed E-state index contributed by atoms with van der Waals surface area (Å²) in [6.45, 7) is 9.44. The van der Waals surface area contributed by atoms with Crippen molar-refractivity contribution >= 4 is 23.2 Å². The molecule has 6 nitrogen and oxygen atoms in total. The molecule has 0 atom stereocenters. The van der Waals surface area contributed by atoms with Crippen molar-refractivity contribution in [3.05, 3.63) is 23.3 Å². The van der Waals surface area contributed by atoms with E-state index < -0.39 is 0 Å². The van der Waals surface area contributed by atoms with Gasteiger partial charge in [0.1, 0.15) is 0 Å². The lowest BCUT2D eigenvalue weighted by Gasteiger charge is -2.34. The molecule has 2 saturated carbocycles. The quantitative estimate of drug-likeness (QED) is 0.585. The molecule has 2 amide bonds. The van der Waals surface area contributed by atoms with E-state index in [0.29, 0.717) is 36.9 Å². The molecule has 1 aromatic carbocycles. The number of amides is 2. The third-order valence-corrected chi connectivity index (χ3v) is 6.47. The van der Waals surface area contributed by atoms with E-state index in [1.807, 2.05) is 39.8 Å². The van der Waals surface area contributed by atoms with Crippen molar-refractivity contribution in [1.82, 2.24) is 0 Å². The summed E-state index contributed by atoms with van der Waals surface area (Å²) < 4.78 is 11.1. The fraction of sp³-hybridized carbons (Fsp3) is 0.667. The molecule has 0 unspecified atom stereocenters. The smallest absolute Gasteiger partial charge is 0.224 e. The van der Waals surface area contributed by atoms with Gasteiger partial charge < -0.3 is 20.1 Å². The summed E-state index contributed by atoms with van der Waals surface area (Å²) in [5.74, 6) is 0.914. The van der Waals surface area contributed by atoms with Crippen molar-refractivity contribution < 1.29 is 19.1 Å². The zero-order valence-corrected chi connectivity index (χ0v) is 18.8. The fourth-order valence-electron chi connectivity index (χ4n) is 4.44. The minimum absolute atomic E-state index is 0.0445. The van der Waals surface area contributed by atoms with Crippen LogP contribution in [0.4, 0.5) is 11.4 Å². The lowest BCUT2D eigenvalue weighted by atomic mass is 9.80. The molecule has 0 radical (unpaired) electrons. The van der Waals surface area contributed by atoms with Crippen LogP contribution in [0.3, 0.4) is 0 Å². The Kier molecular flexibility index (Phi) is 7.89. The van der Waals surface area contributed by atoms with Crippen molar-refractivity contribution in [3.8, 4) is 0 Å². The first-order valence-corrected chi connectivity index (χ1v) is 11.3. The number of nitrogens with one attached hydrogen (secondary N) is 2. The Morgan fingerprint density at radius 1 is 0.800 bits per heavy atom. The van der Waals surface area contributed by atoms with Crippen molar-refractivity contribution in [2.75, 3.05) is 23.8 Å². The zero-order valence-electron chi connectivity index (χ0n) is 18.8. The Bertz CT molecular complexity index is 689. The molecule has 1 aromatic rings. The van der Waals surface area contributed by atoms with E-state index in [9.17, 15) is 9.59 Å². The predicted molar refractivity (Wildman–Crippen MR) is 119 cm³/mol. The minimum Gasteiger partial charge on any atom is -0.378 e. The highest BCUT2D eigenvalue weighted by molar-refractivity contribution is 5.95. The number of hydrogen-bond donors (Lipinski definition) is 2. The van der Waals surface area contributed by atoms with Crippen LogP contribution < -0.4 is 10.6 Å².